The number of esters is 1. The predicted octanol–water partition coefficient (Wildman–Crippen LogP) is 2.45. The molecule has 0 bridgehead atoms. The topological polar surface area (TPSA) is 29.5 Å². The van der Waals surface area contributed by atoms with Crippen molar-refractivity contribution in [2.24, 2.45) is 5.92 Å². The third-order valence-corrected chi connectivity index (χ3v) is 3.12. The number of ether oxygens (including phenoxy) is 1. The summed E-state index contributed by atoms with van der Waals surface area (Å²) in [7, 11) is 0. The van der Waals surface area contributed by atoms with Crippen molar-refractivity contribution in [1.82, 2.24) is 4.90 Å². The number of piperidine rings is 1. The van der Waals surface area contributed by atoms with Crippen molar-refractivity contribution in [2.75, 3.05) is 19.6 Å². The van der Waals surface area contributed by atoms with E-state index in [2.05, 4.69) is 11.8 Å². The summed E-state index contributed by atoms with van der Waals surface area (Å²) in [5, 5.41) is 0. The third kappa shape index (κ3) is 4.97. The minimum atomic E-state index is -0.0797. The molecule has 1 aliphatic rings. The van der Waals surface area contributed by atoms with E-state index in [1.807, 2.05) is 13.8 Å². The molecule has 94 valence electrons. The molecule has 3 nitrogen and oxygen atoms in total. The van der Waals surface area contributed by atoms with Crippen LogP contribution in [0.1, 0.15) is 46.5 Å². The van der Waals surface area contributed by atoms with Gasteiger partial charge in [-0.2, -0.15) is 0 Å². The highest BCUT2D eigenvalue weighted by molar-refractivity contribution is 5.71. The Morgan fingerprint density at radius 1 is 1.38 bits per heavy atom. The number of nitrogens with zero attached hydrogens (tertiary/aromatic N) is 1. The summed E-state index contributed by atoms with van der Waals surface area (Å²) in [4.78, 5) is 13.7. The Hall–Kier alpha value is -0.570. The highest BCUT2D eigenvalue weighted by Gasteiger charge is 2.20. The lowest BCUT2D eigenvalue weighted by Crippen LogP contribution is -2.38. The summed E-state index contributed by atoms with van der Waals surface area (Å²) in [5.74, 6) is 0.798. The molecule has 1 aliphatic heterocycles. The van der Waals surface area contributed by atoms with Crippen molar-refractivity contribution in [3.8, 4) is 0 Å². The molecule has 0 radical (unpaired) electrons. The molecule has 1 heterocycles. The first-order chi connectivity index (χ1) is 7.61. The zero-order valence-electron chi connectivity index (χ0n) is 10.9. The van der Waals surface area contributed by atoms with Crippen LogP contribution in [0.3, 0.4) is 0 Å². The van der Waals surface area contributed by atoms with Gasteiger partial charge in [0.25, 0.3) is 0 Å². The number of likely N-dealkylation sites (tertiary alicyclic amines) is 1. The summed E-state index contributed by atoms with van der Waals surface area (Å²) < 4.78 is 5.15. The normalized spacial score (nSPS) is 19.0. The first-order valence-corrected chi connectivity index (χ1v) is 6.53. The monoisotopic (exact) mass is 227 g/mol. The summed E-state index contributed by atoms with van der Waals surface area (Å²) in [6.45, 7) is 8.61. The van der Waals surface area contributed by atoms with E-state index in [1.54, 1.807) is 0 Å². The van der Waals surface area contributed by atoms with Gasteiger partial charge in [0.1, 0.15) is 0 Å². The molecule has 0 atom stereocenters. The summed E-state index contributed by atoms with van der Waals surface area (Å²) in [6.07, 6.45) is 5.10. The first kappa shape index (κ1) is 13.5. The van der Waals surface area contributed by atoms with Gasteiger partial charge in [0.2, 0.25) is 0 Å². The molecule has 0 aromatic rings. The number of carbonyl (C=O) groups excluding carboxylic acids is 1. The molecule has 0 aromatic carbocycles. The second kappa shape index (κ2) is 6.89. The van der Waals surface area contributed by atoms with Crippen LogP contribution in [0.25, 0.3) is 0 Å². The SMILES string of the molecule is CCCC1CCN(CC(=O)OC(C)C)CC1. The van der Waals surface area contributed by atoms with Crippen molar-refractivity contribution in [3.05, 3.63) is 0 Å². The van der Waals surface area contributed by atoms with E-state index in [0.717, 1.165) is 19.0 Å². The van der Waals surface area contributed by atoms with Crippen LogP contribution in [0.5, 0.6) is 0 Å². The lowest BCUT2D eigenvalue weighted by molar-refractivity contribution is -0.149. The van der Waals surface area contributed by atoms with Crippen LogP contribution < -0.4 is 0 Å². The van der Waals surface area contributed by atoms with Gasteiger partial charge in [0.15, 0.2) is 0 Å². The molecule has 0 N–H and O–H groups in total. The number of carbonyl (C=O) groups is 1. The largest absolute Gasteiger partial charge is 0.462 e. The lowest BCUT2D eigenvalue weighted by Gasteiger charge is -2.31. The fourth-order valence-electron chi connectivity index (χ4n) is 2.32. The molecule has 16 heavy (non-hydrogen) atoms. The maximum atomic E-state index is 11.5. The molecule has 0 spiro atoms. The second-order valence-corrected chi connectivity index (χ2v) is 5.05. The van der Waals surface area contributed by atoms with Crippen LogP contribution >= 0.6 is 0 Å². The molecule has 1 fully saturated rings. The number of rotatable bonds is 5. The summed E-state index contributed by atoms with van der Waals surface area (Å²) >= 11 is 0. The van der Waals surface area contributed by atoms with Crippen LogP contribution in [0.15, 0.2) is 0 Å². The Bertz CT molecular complexity index is 208. The van der Waals surface area contributed by atoms with Crippen LogP contribution in [-0.4, -0.2) is 36.6 Å². The molecule has 0 aromatic heterocycles. The van der Waals surface area contributed by atoms with E-state index < -0.39 is 0 Å². The Labute approximate surface area is 99.1 Å². The molecule has 0 amide bonds. The van der Waals surface area contributed by atoms with Gasteiger partial charge in [-0.3, -0.25) is 9.69 Å². The Morgan fingerprint density at radius 3 is 2.50 bits per heavy atom. The fraction of sp³-hybridized carbons (Fsp3) is 0.923. The molecular formula is C13H25NO2. The molecule has 1 rings (SSSR count). The van der Waals surface area contributed by atoms with Crippen LogP contribution in [0.2, 0.25) is 0 Å². The van der Waals surface area contributed by atoms with Crippen molar-refractivity contribution < 1.29 is 9.53 Å². The average molecular weight is 227 g/mol. The number of hydrogen-bond donors (Lipinski definition) is 0. The van der Waals surface area contributed by atoms with Crippen molar-refractivity contribution in [2.45, 2.75) is 52.6 Å². The smallest absolute Gasteiger partial charge is 0.320 e. The highest BCUT2D eigenvalue weighted by atomic mass is 16.5. The van der Waals surface area contributed by atoms with Gasteiger partial charge in [-0.05, 0) is 45.7 Å². The van der Waals surface area contributed by atoms with Gasteiger partial charge in [-0.25, -0.2) is 0 Å². The van der Waals surface area contributed by atoms with Gasteiger partial charge < -0.3 is 4.74 Å². The van der Waals surface area contributed by atoms with Gasteiger partial charge in [0.05, 0.1) is 12.6 Å². The summed E-state index contributed by atoms with van der Waals surface area (Å²) in [6, 6.07) is 0. The zero-order chi connectivity index (χ0) is 12.0. The maximum Gasteiger partial charge on any atom is 0.320 e. The van der Waals surface area contributed by atoms with E-state index in [9.17, 15) is 4.79 Å². The van der Waals surface area contributed by atoms with Crippen LogP contribution in [-0.2, 0) is 9.53 Å². The Morgan fingerprint density at radius 2 is 2.00 bits per heavy atom. The molecule has 0 aliphatic carbocycles. The predicted molar refractivity (Wildman–Crippen MR) is 65.3 cm³/mol. The Kier molecular flexibility index (Phi) is 5.81. The Balaban J connectivity index is 2.19. The van der Waals surface area contributed by atoms with Gasteiger partial charge in [0, 0.05) is 0 Å². The summed E-state index contributed by atoms with van der Waals surface area (Å²) in [5.41, 5.74) is 0. The molecule has 3 heteroatoms. The van der Waals surface area contributed by atoms with E-state index in [0.29, 0.717) is 6.54 Å². The molecule has 1 saturated heterocycles. The van der Waals surface area contributed by atoms with Crippen molar-refractivity contribution in [3.63, 3.8) is 0 Å². The first-order valence-electron chi connectivity index (χ1n) is 6.53. The minimum absolute atomic E-state index is 0.00475. The highest BCUT2D eigenvalue weighted by Crippen LogP contribution is 2.21. The van der Waals surface area contributed by atoms with Crippen LogP contribution in [0.4, 0.5) is 0 Å². The second-order valence-electron chi connectivity index (χ2n) is 5.05. The van der Waals surface area contributed by atoms with Crippen molar-refractivity contribution >= 4 is 5.97 Å². The number of hydrogen-bond acceptors (Lipinski definition) is 3. The fourth-order valence-corrected chi connectivity index (χ4v) is 2.32. The quantitative estimate of drug-likeness (QED) is 0.676. The van der Waals surface area contributed by atoms with E-state index in [1.165, 1.54) is 25.7 Å². The van der Waals surface area contributed by atoms with Crippen molar-refractivity contribution in [1.29, 1.82) is 0 Å². The minimum Gasteiger partial charge on any atom is -0.462 e. The molecule has 0 unspecified atom stereocenters. The zero-order valence-corrected chi connectivity index (χ0v) is 10.9. The lowest BCUT2D eigenvalue weighted by atomic mass is 9.92. The van der Waals surface area contributed by atoms with E-state index >= 15 is 0 Å². The van der Waals surface area contributed by atoms with Gasteiger partial charge >= 0.3 is 5.97 Å². The third-order valence-electron chi connectivity index (χ3n) is 3.12. The van der Waals surface area contributed by atoms with E-state index in [4.69, 9.17) is 4.74 Å². The van der Waals surface area contributed by atoms with E-state index in [-0.39, 0.29) is 12.1 Å². The molecular weight excluding hydrogens is 202 g/mol. The standard InChI is InChI=1S/C13H25NO2/c1-4-5-12-6-8-14(9-7-12)10-13(15)16-11(2)3/h11-12H,4-10H2,1-3H3. The van der Waals surface area contributed by atoms with Gasteiger partial charge in [-0.1, -0.05) is 19.8 Å². The van der Waals surface area contributed by atoms with Crippen LogP contribution in [0, 0.1) is 5.92 Å². The molecule has 0 saturated carbocycles. The maximum absolute atomic E-state index is 11.5. The average Bonchev–Trinajstić information content (AvgIpc) is 2.20. The van der Waals surface area contributed by atoms with Gasteiger partial charge in [-0.15, -0.1) is 0 Å².